The Hall–Kier alpha value is -2.96. The van der Waals surface area contributed by atoms with Gasteiger partial charge in [0, 0.05) is 24.4 Å². The summed E-state index contributed by atoms with van der Waals surface area (Å²) < 4.78 is 15.6. The van der Waals surface area contributed by atoms with Crippen LogP contribution in [0.2, 0.25) is 0 Å². The maximum atomic E-state index is 13.6. The van der Waals surface area contributed by atoms with Gasteiger partial charge in [-0.25, -0.2) is 9.37 Å². The van der Waals surface area contributed by atoms with Gasteiger partial charge in [-0.15, -0.1) is 0 Å². The van der Waals surface area contributed by atoms with Crippen molar-refractivity contribution >= 4 is 22.6 Å². The molecule has 0 atom stereocenters. The van der Waals surface area contributed by atoms with Gasteiger partial charge >= 0.3 is 0 Å². The molecule has 140 valence electrons. The molecule has 0 saturated heterocycles. The zero-order valence-corrected chi connectivity index (χ0v) is 15.5. The van der Waals surface area contributed by atoms with Crippen molar-refractivity contribution in [3.63, 3.8) is 0 Å². The molecule has 0 radical (unpaired) electrons. The zero-order chi connectivity index (χ0) is 19.0. The molecule has 1 amide bonds. The molecular formula is C20H22FN5O. The molecule has 0 spiro atoms. The summed E-state index contributed by atoms with van der Waals surface area (Å²) in [5.41, 5.74) is 3.70. The third-order valence-electron chi connectivity index (χ3n) is 4.93. The van der Waals surface area contributed by atoms with Crippen LogP contribution < -0.4 is 10.2 Å². The molecule has 27 heavy (non-hydrogen) atoms. The van der Waals surface area contributed by atoms with E-state index in [-0.39, 0.29) is 11.7 Å². The Morgan fingerprint density at radius 2 is 2.11 bits per heavy atom. The summed E-state index contributed by atoms with van der Waals surface area (Å²) in [6.07, 6.45) is 0.467. The predicted octanol–water partition coefficient (Wildman–Crippen LogP) is 2.93. The molecule has 1 aromatic carbocycles. The third kappa shape index (κ3) is 3.49. The summed E-state index contributed by atoms with van der Waals surface area (Å²) in [6.45, 7) is 6.51. The average molecular weight is 367 g/mol. The quantitative estimate of drug-likeness (QED) is 0.770. The zero-order valence-electron chi connectivity index (χ0n) is 15.5. The number of nitrogens with zero attached hydrogens (tertiary/aromatic N) is 4. The van der Waals surface area contributed by atoms with Crippen LogP contribution in [0.3, 0.4) is 0 Å². The monoisotopic (exact) mass is 367 g/mol. The molecule has 2 aromatic heterocycles. The van der Waals surface area contributed by atoms with Gasteiger partial charge in [0.2, 0.25) is 5.91 Å². The standard InChI is InChI=1S/C20H22FN5O/c1-3-20(27)22-11-15-10-16-12-25(6-7-26(16)24-15)19-8-13(2)17-5-4-14(21)9-18(17)23-19/h4-5,8-10H,3,6-7,11-12H2,1-2H3,(H,22,27). The number of carbonyl (C=O) groups is 1. The number of rotatable bonds is 4. The predicted molar refractivity (Wildman–Crippen MR) is 102 cm³/mol. The molecule has 0 unspecified atom stereocenters. The number of aryl methyl sites for hydroxylation is 1. The van der Waals surface area contributed by atoms with E-state index in [1.165, 1.54) is 12.1 Å². The molecule has 0 aliphatic carbocycles. The van der Waals surface area contributed by atoms with Crippen LogP contribution in [-0.2, 0) is 24.4 Å². The Morgan fingerprint density at radius 3 is 2.93 bits per heavy atom. The second-order valence-corrected chi connectivity index (χ2v) is 6.86. The molecule has 0 saturated carbocycles. The van der Waals surface area contributed by atoms with Crippen molar-refractivity contribution in [2.45, 2.75) is 39.9 Å². The van der Waals surface area contributed by atoms with E-state index < -0.39 is 0 Å². The molecule has 6 nitrogen and oxygen atoms in total. The fraction of sp³-hybridized carbons (Fsp3) is 0.350. The fourth-order valence-electron chi connectivity index (χ4n) is 3.44. The molecule has 1 aliphatic heterocycles. The molecule has 0 fully saturated rings. The Kier molecular flexibility index (Phi) is 4.51. The van der Waals surface area contributed by atoms with Crippen LogP contribution in [0.5, 0.6) is 0 Å². The summed E-state index contributed by atoms with van der Waals surface area (Å²) in [5, 5.41) is 8.40. The first-order chi connectivity index (χ1) is 13.0. The van der Waals surface area contributed by atoms with E-state index >= 15 is 0 Å². The van der Waals surface area contributed by atoms with Gasteiger partial charge in [-0.3, -0.25) is 9.48 Å². The average Bonchev–Trinajstić information content (AvgIpc) is 3.07. The van der Waals surface area contributed by atoms with Crippen LogP contribution in [0.25, 0.3) is 10.9 Å². The number of amides is 1. The minimum atomic E-state index is -0.276. The molecule has 3 heterocycles. The molecule has 1 aliphatic rings. The number of nitrogens with one attached hydrogen (secondary N) is 1. The third-order valence-corrected chi connectivity index (χ3v) is 4.93. The highest BCUT2D eigenvalue weighted by atomic mass is 19.1. The topological polar surface area (TPSA) is 63.1 Å². The van der Waals surface area contributed by atoms with E-state index in [1.807, 2.05) is 24.6 Å². The molecule has 0 bridgehead atoms. The van der Waals surface area contributed by atoms with Crippen molar-refractivity contribution in [3.8, 4) is 0 Å². The van der Waals surface area contributed by atoms with Crippen molar-refractivity contribution in [2.24, 2.45) is 0 Å². The number of benzene rings is 1. The number of fused-ring (bicyclic) bond motifs is 2. The Bertz CT molecular complexity index is 1010. The number of aromatic nitrogens is 3. The number of halogens is 1. The van der Waals surface area contributed by atoms with Gasteiger partial charge in [0.1, 0.15) is 11.6 Å². The van der Waals surface area contributed by atoms with E-state index in [0.29, 0.717) is 25.0 Å². The lowest BCUT2D eigenvalue weighted by atomic mass is 10.1. The lowest BCUT2D eigenvalue weighted by molar-refractivity contribution is -0.120. The van der Waals surface area contributed by atoms with Crippen molar-refractivity contribution in [2.75, 3.05) is 11.4 Å². The number of hydrogen-bond donors (Lipinski definition) is 1. The first kappa shape index (κ1) is 17.5. The summed E-state index contributed by atoms with van der Waals surface area (Å²) in [4.78, 5) is 18.3. The maximum absolute atomic E-state index is 13.6. The second-order valence-electron chi connectivity index (χ2n) is 6.86. The largest absolute Gasteiger partial charge is 0.350 e. The van der Waals surface area contributed by atoms with E-state index in [0.717, 1.165) is 41.2 Å². The van der Waals surface area contributed by atoms with E-state index in [1.54, 1.807) is 6.07 Å². The highest BCUT2D eigenvalue weighted by Gasteiger charge is 2.20. The summed E-state index contributed by atoms with van der Waals surface area (Å²) in [7, 11) is 0. The van der Waals surface area contributed by atoms with Crippen LogP contribution in [0.1, 0.15) is 30.3 Å². The number of anilines is 1. The molecule has 7 heteroatoms. The van der Waals surface area contributed by atoms with Crippen molar-refractivity contribution in [3.05, 3.63) is 53.1 Å². The van der Waals surface area contributed by atoms with E-state index in [2.05, 4.69) is 26.4 Å². The van der Waals surface area contributed by atoms with Crippen LogP contribution in [0, 0.1) is 12.7 Å². The Labute approximate surface area is 157 Å². The first-order valence-corrected chi connectivity index (χ1v) is 9.17. The van der Waals surface area contributed by atoms with Crippen molar-refractivity contribution in [1.29, 1.82) is 0 Å². The molecule has 1 N–H and O–H groups in total. The lowest BCUT2D eigenvalue weighted by Crippen LogP contribution is -2.34. The minimum Gasteiger partial charge on any atom is -0.350 e. The maximum Gasteiger partial charge on any atom is 0.220 e. The number of pyridine rings is 1. The van der Waals surface area contributed by atoms with E-state index in [9.17, 15) is 9.18 Å². The smallest absolute Gasteiger partial charge is 0.220 e. The summed E-state index contributed by atoms with van der Waals surface area (Å²) >= 11 is 0. The van der Waals surface area contributed by atoms with Gasteiger partial charge in [-0.2, -0.15) is 5.10 Å². The highest BCUT2D eigenvalue weighted by molar-refractivity contribution is 5.84. The second kappa shape index (κ2) is 6.98. The highest BCUT2D eigenvalue weighted by Crippen LogP contribution is 2.26. The molecular weight excluding hydrogens is 345 g/mol. The van der Waals surface area contributed by atoms with Crippen LogP contribution in [0.4, 0.5) is 10.2 Å². The van der Waals surface area contributed by atoms with Crippen molar-refractivity contribution in [1.82, 2.24) is 20.1 Å². The number of carbonyl (C=O) groups excluding carboxylic acids is 1. The van der Waals surface area contributed by atoms with Crippen molar-refractivity contribution < 1.29 is 9.18 Å². The fourth-order valence-corrected chi connectivity index (χ4v) is 3.44. The summed E-state index contributed by atoms with van der Waals surface area (Å²) in [6, 6.07) is 8.80. The van der Waals surface area contributed by atoms with Gasteiger partial charge in [0.05, 0.1) is 36.5 Å². The number of hydrogen-bond acceptors (Lipinski definition) is 4. The van der Waals surface area contributed by atoms with Gasteiger partial charge < -0.3 is 10.2 Å². The Morgan fingerprint density at radius 1 is 1.26 bits per heavy atom. The van der Waals surface area contributed by atoms with Gasteiger partial charge in [0.15, 0.2) is 0 Å². The van der Waals surface area contributed by atoms with Gasteiger partial charge in [0.25, 0.3) is 0 Å². The van der Waals surface area contributed by atoms with Gasteiger partial charge in [-0.05, 0) is 36.8 Å². The van der Waals surface area contributed by atoms with Gasteiger partial charge in [-0.1, -0.05) is 6.92 Å². The van der Waals surface area contributed by atoms with E-state index in [4.69, 9.17) is 0 Å². The SMILES string of the molecule is CCC(=O)NCc1cc2n(n1)CCN(c1cc(C)c3ccc(F)cc3n1)C2. The van der Waals surface area contributed by atoms with Crippen LogP contribution in [-0.4, -0.2) is 27.2 Å². The van der Waals surface area contributed by atoms with Crippen LogP contribution in [0.15, 0.2) is 30.3 Å². The lowest BCUT2D eigenvalue weighted by Gasteiger charge is -2.29. The molecule has 3 aromatic rings. The Balaban J connectivity index is 1.56. The normalized spacial score (nSPS) is 13.7. The van der Waals surface area contributed by atoms with Crippen LogP contribution >= 0.6 is 0 Å². The minimum absolute atomic E-state index is 0.0191. The molecule has 4 rings (SSSR count). The first-order valence-electron chi connectivity index (χ1n) is 9.17. The summed E-state index contributed by atoms with van der Waals surface area (Å²) in [5.74, 6) is 0.589.